The fourth-order valence-electron chi connectivity index (χ4n) is 1.50. The van der Waals surface area contributed by atoms with Crippen molar-refractivity contribution in [3.05, 3.63) is 70.5 Å². The third kappa shape index (κ3) is 5.09. The molecule has 7 heteroatoms. The van der Waals surface area contributed by atoms with Gasteiger partial charge in [-0.1, -0.05) is 35.3 Å². The topological polar surface area (TPSA) is 52.6 Å². The van der Waals surface area contributed by atoms with Gasteiger partial charge in [0.1, 0.15) is 0 Å². The fourth-order valence-corrected chi connectivity index (χ4v) is 1.82. The Morgan fingerprint density at radius 3 is 2.17 bits per heavy atom. The van der Waals surface area contributed by atoms with Gasteiger partial charge < -0.3 is 9.47 Å². The molecule has 2 aromatic carbocycles. The number of carbonyl (C=O) groups is 2. The summed E-state index contributed by atoms with van der Waals surface area (Å²) in [6.07, 6.45) is 1.65. The average molecular weight is 355 g/mol. The zero-order valence-corrected chi connectivity index (χ0v) is 13.0. The fraction of sp³-hybridized carbons (Fsp3) is 0. The number of rotatable bonds is 4. The first kappa shape index (κ1) is 17.0. The van der Waals surface area contributed by atoms with Crippen molar-refractivity contribution in [2.24, 2.45) is 0 Å². The molecule has 0 amide bonds. The van der Waals surface area contributed by atoms with E-state index in [-0.39, 0.29) is 16.5 Å². The maximum atomic E-state index is 13.3. The molecular formula is C16H9Cl2FO4. The SMILES string of the molecule is O=C(/C=C/C(=O)Oc1cc(Cl)ccc1Cl)Oc1ccccc1F. The summed E-state index contributed by atoms with van der Waals surface area (Å²) in [6.45, 7) is 0. The second-order valence-electron chi connectivity index (χ2n) is 4.18. The first-order valence-electron chi connectivity index (χ1n) is 6.27. The van der Waals surface area contributed by atoms with Crippen LogP contribution in [0, 0.1) is 5.82 Å². The van der Waals surface area contributed by atoms with E-state index in [9.17, 15) is 14.0 Å². The number of carbonyl (C=O) groups excluding carboxylic acids is 2. The number of benzene rings is 2. The predicted octanol–water partition coefficient (Wildman–Crippen LogP) is 4.20. The molecule has 0 saturated heterocycles. The molecule has 0 heterocycles. The van der Waals surface area contributed by atoms with Gasteiger partial charge in [0.15, 0.2) is 17.3 Å². The van der Waals surface area contributed by atoms with E-state index in [1.807, 2.05) is 0 Å². The van der Waals surface area contributed by atoms with Crippen molar-refractivity contribution in [3.63, 3.8) is 0 Å². The van der Waals surface area contributed by atoms with Gasteiger partial charge in [-0.15, -0.1) is 0 Å². The van der Waals surface area contributed by atoms with Gasteiger partial charge in [-0.05, 0) is 24.3 Å². The van der Waals surface area contributed by atoms with Crippen molar-refractivity contribution in [1.29, 1.82) is 0 Å². The Bertz CT molecular complexity index is 774. The number of ether oxygens (including phenoxy) is 2. The van der Waals surface area contributed by atoms with Crippen LogP contribution in [0.4, 0.5) is 4.39 Å². The van der Waals surface area contributed by atoms with Crippen LogP contribution in [-0.2, 0) is 9.59 Å². The smallest absolute Gasteiger partial charge is 0.336 e. The van der Waals surface area contributed by atoms with Crippen LogP contribution in [-0.4, -0.2) is 11.9 Å². The van der Waals surface area contributed by atoms with E-state index in [1.165, 1.54) is 36.4 Å². The highest BCUT2D eigenvalue weighted by atomic mass is 35.5. The number of hydrogen-bond donors (Lipinski definition) is 0. The first-order chi connectivity index (χ1) is 11.0. The second kappa shape index (κ2) is 7.76. The summed E-state index contributed by atoms with van der Waals surface area (Å²) in [6, 6.07) is 9.73. The number of para-hydroxylation sites is 1. The van der Waals surface area contributed by atoms with Crippen LogP contribution in [0.1, 0.15) is 0 Å². The monoisotopic (exact) mass is 354 g/mol. The van der Waals surface area contributed by atoms with E-state index in [1.54, 1.807) is 0 Å². The van der Waals surface area contributed by atoms with Gasteiger partial charge >= 0.3 is 11.9 Å². The highest BCUT2D eigenvalue weighted by Crippen LogP contribution is 2.27. The van der Waals surface area contributed by atoms with Gasteiger partial charge in [0.05, 0.1) is 5.02 Å². The van der Waals surface area contributed by atoms with Crippen molar-refractivity contribution in [2.75, 3.05) is 0 Å². The highest BCUT2D eigenvalue weighted by Gasteiger charge is 2.09. The van der Waals surface area contributed by atoms with Crippen molar-refractivity contribution in [2.45, 2.75) is 0 Å². The van der Waals surface area contributed by atoms with Gasteiger partial charge in [-0.3, -0.25) is 0 Å². The van der Waals surface area contributed by atoms with Crippen LogP contribution in [0.25, 0.3) is 0 Å². The molecule has 0 fully saturated rings. The molecule has 0 aliphatic rings. The molecule has 23 heavy (non-hydrogen) atoms. The van der Waals surface area contributed by atoms with E-state index >= 15 is 0 Å². The van der Waals surface area contributed by atoms with Crippen LogP contribution < -0.4 is 9.47 Å². The maximum absolute atomic E-state index is 13.3. The molecule has 0 radical (unpaired) electrons. The number of hydrogen-bond acceptors (Lipinski definition) is 4. The summed E-state index contributed by atoms with van der Waals surface area (Å²) in [7, 11) is 0. The minimum atomic E-state index is -0.927. The van der Waals surface area contributed by atoms with Gasteiger partial charge in [-0.2, -0.15) is 0 Å². The molecular weight excluding hydrogens is 346 g/mol. The summed E-state index contributed by atoms with van der Waals surface area (Å²) in [5.74, 6) is -2.67. The van der Waals surface area contributed by atoms with Gasteiger partial charge in [-0.25, -0.2) is 14.0 Å². The Kier molecular flexibility index (Phi) is 5.73. The molecule has 0 aliphatic carbocycles. The Labute approximate surface area is 141 Å². The van der Waals surface area contributed by atoms with Crippen LogP contribution in [0.15, 0.2) is 54.6 Å². The maximum Gasteiger partial charge on any atom is 0.336 e. The summed E-state index contributed by atoms with van der Waals surface area (Å²) in [5.41, 5.74) is 0. The Hall–Kier alpha value is -2.37. The zero-order valence-electron chi connectivity index (χ0n) is 11.5. The van der Waals surface area contributed by atoms with Gasteiger partial charge in [0.2, 0.25) is 0 Å². The molecule has 0 unspecified atom stereocenters. The lowest BCUT2D eigenvalue weighted by molar-refractivity contribution is -0.131. The molecule has 0 atom stereocenters. The molecule has 0 N–H and O–H groups in total. The van der Waals surface area contributed by atoms with E-state index in [4.69, 9.17) is 32.7 Å². The van der Waals surface area contributed by atoms with E-state index in [0.717, 1.165) is 18.2 Å². The first-order valence-corrected chi connectivity index (χ1v) is 7.02. The lowest BCUT2D eigenvalue weighted by Crippen LogP contribution is -2.09. The standard InChI is InChI=1S/C16H9Cl2FO4/c17-10-5-6-11(18)14(9-10)23-16(21)8-7-15(20)22-13-4-2-1-3-12(13)19/h1-9H/b8-7+. The van der Waals surface area contributed by atoms with E-state index in [0.29, 0.717) is 5.02 Å². The van der Waals surface area contributed by atoms with Crippen molar-refractivity contribution < 1.29 is 23.5 Å². The molecule has 0 aromatic heterocycles. The summed E-state index contributed by atoms with van der Waals surface area (Å²) < 4.78 is 23.0. The largest absolute Gasteiger partial charge is 0.422 e. The van der Waals surface area contributed by atoms with Crippen molar-refractivity contribution in [1.82, 2.24) is 0 Å². The highest BCUT2D eigenvalue weighted by molar-refractivity contribution is 6.34. The number of halogens is 3. The van der Waals surface area contributed by atoms with Crippen molar-refractivity contribution >= 4 is 35.1 Å². The van der Waals surface area contributed by atoms with E-state index < -0.39 is 17.8 Å². The normalized spacial score (nSPS) is 10.6. The Morgan fingerprint density at radius 1 is 0.913 bits per heavy atom. The molecule has 0 spiro atoms. The molecule has 2 aromatic rings. The van der Waals surface area contributed by atoms with Crippen LogP contribution in [0.5, 0.6) is 11.5 Å². The summed E-state index contributed by atoms with van der Waals surface area (Å²) >= 11 is 11.6. The Balaban J connectivity index is 1.97. The molecule has 118 valence electrons. The Morgan fingerprint density at radius 2 is 1.52 bits per heavy atom. The van der Waals surface area contributed by atoms with Gasteiger partial charge in [0, 0.05) is 23.2 Å². The van der Waals surface area contributed by atoms with Crippen LogP contribution in [0.3, 0.4) is 0 Å². The molecule has 4 nitrogen and oxygen atoms in total. The summed E-state index contributed by atoms with van der Waals surface area (Å²) in [4.78, 5) is 23.1. The molecule has 0 aliphatic heterocycles. The quantitative estimate of drug-likeness (QED) is 0.469. The van der Waals surface area contributed by atoms with E-state index in [2.05, 4.69) is 0 Å². The predicted molar refractivity (Wildman–Crippen MR) is 83.3 cm³/mol. The molecule has 0 saturated carbocycles. The lowest BCUT2D eigenvalue weighted by Gasteiger charge is -2.04. The lowest BCUT2D eigenvalue weighted by atomic mass is 10.3. The molecule has 0 bridgehead atoms. The van der Waals surface area contributed by atoms with Crippen molar-refractivity contribution in [3.8, 4) is 11.5 Å². The van der Waals surface area contributed by atoms with Gasteiger partial charge in [0.25, 0.3) is 0 Å². The number of esters is 2. The minimum Gasteiger partial charge on any atom is -0.422 e. The zero-order chi connectivity index (χ0) is 16.8. The second-order valence-corrected chi connectivity index (χ2v) is 5.02. The average Bonchev–Trinajstić information content (AvgIpc) is 2.51. The molecule has 2 rings (SSSR count). The summed E-state index contributed by atoms with van der Waals surface area (Å²) in [5, 5.41) is 0.519. The minimum absolute atomic E-state index is 0.0521. The van der Waals surface area contributed by atoms with Crippen LogP contribution in [0.2, 0.25) is 10.0 Å². The third-order valence-electron chi connectivity index (χ3n) is 2.51. The third-order valence-corrected chi connectivity index (χ3v) is 3.05. The van der Waals surface area contributed by atoms with Crippen LogP contribution >= 0.6 is 23.2 Å².